The molecule has 1 heterocycles. The standard InChI is InChI=1S/C18H13F2N3OS/c19-13-7-8-15(20)14(10-13)16(24)11-25-18-21-17(22-23-18)9-6-12-4-2-1-3-5-12/h1-10H,11H2,(H,21,22,23). The third-order valence-electron chi connectivity index (χ3n) is 3.28. The molecule has 2 aromatic carbocycles. The number of hydrogen-bond acceptors (Lipinski definition) is 4. The van der Waals surface area contributed by atoms with Gasteiger partial charge in [0.05, 0.1) is 11.3 Å². The maximum absolute atomic E-state index is 13.6. The lowest BCUT2D eigenvalue weighted by Gasteiger charge is -2.01. The SMILES string of the molecule is O=C(CSc1n[nH]c(C=Cc2ccccc2)n1)c1cc(F)ccc1F. The van der Waals surface area contributed by atoms with Crippen LogP contribution in [0.3, 0.4) is 0 Å². The lowest BCUT2D eigenvalue weighted by molar-refractivity contribution is 0.101. The zero-order valence-electron chi connectivity index (χ0n) is 12.9. The number of hydrogen-bond donors (Lipinski definition) is 1. The van der Waals surface area contributed by atoms with Gasteiger partial charge in [0.15, 0.2) is 5.78 Å². The zero-order valence-corrected chi connectivity index (χ0v) is 13.8. The number of thioether (sulfide) groups is 1. The quantitative estimate of drug-likeness (QED) is 0.530. The maximum atomic E-state index is 13.6. The molecule has 0 spiro atoms. The highest BCUT2D eigenvalue weighted by Crippen LogP contribution is 2.18. The van der Waals surface area contributed by atoms with E-state index in [-0.39, 0.29) is 11.3 Å². The van der Waals surface area contributed by atoms with Crippen LogP contribution in [0.4, 0.5) is 8.78 Å². The van der Waals surface area contributed by atoms with Crippen molar-refractivity contribution in [3.63, 3.8) is 0 Å². The van der Waals surface area contributed by atoms with E-state index < -0.39 is 17.4 Å². The summed E-state index contributed by atoms with van der Waals surface area (Å²) in [5.41, 5.74) is 0.747. The maximum Gasteiger partial charge on any atom is 0.209 e. The minimum atomic E-state index is -0.742. The number of Topliss-reactive ketones (excluding diaryl/α,β-unsaturated/α-hetero) is 1. The van der Waals surface area contributed by atoms with Crippen LogP contribution < -0.4 is 0 Å². The van der Waals surface area contributed by atoms with E-state index in [0.717, 1.165) is 35.5 Å². The van der Waals surface area contributed by atoms with Crippen LogP contribution in [0, 0.1) is 11.6 Å². The number of carbonyl (C=O) groups excluding carboxylic acids is 1. The summed E-state index contributed by atoms with van der Waals surface area (Å²) in [6.45, 7) is 0. The van der Waals surface area contributed by atoms with Crippen molar-refractivity contribution in [2.75, 3.05) is 5.75 Å². The van der Waals surface area contributed by atoms with Crippen LogP contribution in [-0.2, 0) is 0 Å². The fraction of sp³-hybridized carbons (Fsp3) is 0.0556. The van der Waals surface area contributed by atoms with E-state index >= 15 is 0 Å². The number of nitrogens with one attached hydrogen (secondary N) is 1. The van der Waals surface area contributed by atoms with Crippen LogP contribution in [-0.4, -0.2) is 26.7 Å². The molecular weight excluding hydrogens is 344 g/mol. The first-order chi connectivity index (χ1) is 12.1. The van der Waals surface area contributed by atoms with Crippen molar-refractivity contribution in [2.45, 2.75) is 5.16 Å². The summed E-state index contributed by atoms with van der Waals surface area (Å²) in [5, 5.41) is 7.09. The van der Waals surface area contributed by atoms with Crippen molar-refractivity contribution in [1.82, 2.24) is 15.2 Å². The Labute approximate surface area is 147 Å². The molecule has 4 nitrogen and oxygen atoms in total. The van der Waals surface area contributed by atoms with Crippen molar-refractivity contribution in [2.24, 2.45) is 0 Å². The highest BCUT2D eigenvalue weighted by Gasteiger charge is 2.14. The predicted molar refractivity (Wildman–Crippen MR) is 93.2 cm³/mol. The average molecular weight is 357 g/mol. The minimum absolute atomic E-state index is 0.0833. The number of ketones is 1. The van der Waals surface area contributed by atoms with Gasteiger partial charge in [-0.2, -0.15) is 0 Å². The number of halogens is 2. The fourth-order valence-corrected chi connectivity index (χ4v) is 2.74. The second-order valence-electron chi connectivity index (χ2n) is 5.08. The summed E-state index contributed by atoms with van der Waals surface area (Å²) in [7, 11) is 0. The van der Waals surface area contributed by atoms with Crippen LogP contribution in [0.1, 0.15) is 21.7 Å². The molecule has 0 fully saturated rings. The first-order valence-corrected chi connectivity index (χ1v) is 8.37. The second-order valence-corrected chi connectivity index (χ2v) is 6.03. The Hall–Kier alpha value is -2.80. The van der Waals surface area contributed by atoms with Gasteiger partial charge >= 0.3 is 0 Å². The molecule has 7 heteroatoms. The van der Waals surface area contributed by atoms with E-state index in [1.807, 2.05) is 36.4 Å². The fourth-order valence-electron chi connectivity index (χ4n) is 2.06. The Bertz CT molecular complexity index is 910. The molecule has 0 saturated carbocycles. The molecule has 0 aliphatic rings. The van der Waals surface area contributed by atoms with Crippen molar-refractivity contribution in [3.05, 3.63) is 77.1 Å². The largest absolute Gasteiger partial charge is 0.293 e. The lowest BCUT2D eigenvalue weighted by Crippen LogP contribution is -2.06. The van der Waals surface area contributed by atoms with Gasteiger partial charge in [0.25, 0.3) is 0 Å². The number of aromatic nitrogens is 3. The second kappa shape index (κ2) is 7.85. The van der Waals surface area contributed by atoms with Crippen LogP contribution in [0.15, 0.2) is 53.7 Å². The lowest BCUT2D eigenvalue weighted by atomic mass is 10.1. The van der Waals surface area contributed by atoms with E-state index in [1.54, 1.807) is 6.08 Å². The molecule has 0 saturated heterocycles. The van der Waals surface area contributed by atoms with Gasteiger partial charge in [-0.25, -0.2) is 13.8 Å². The van der Waals surface area contributed by atoms with Gasteiger partial charge in [-0.1, -0.05) is 48.2 Å². The number of carbonyl (C=O) groups is 1. The molecule has 0 atom stereocenters. The van der Waals surface area contributed by atoms with Gasteiger partial charge in [0, 0.05) is 0 Å². The average Bonchev–Trinajstić information content (AvgIpc) is 3.09. The van der Waals surface area contributed by atoms with Gasteiger partial charge in [0.1, 0.15) is 17.5 Å². The van der Waals surface area contributed by atoms with Gasteiger partial charge in [0.2, 0.25) is 5.16 Å². The Morgan fingerprint density at radius 1 is 1.12 bits per heavy atom. The van der Waals surface area contributed by atoms with Gasteiger partial charge in [-0.15, -0.1) is 5.10 Å². The smallest absolute Gasteiger partial charge is 0.209 e. The first-order valence-electron chi connectivity index (χ1n) is 7.38. The van der Waals surface area contributed by atoms with Crippen LogP contribution in [0.25, 0.3) is 12.2 Å². The van der Waals surface area contributed by atoms with E-state index in [0.29, 0.717) is 11.0 Å². The Morgan fingerprint density at radius 2 is 1.92 bits per heavy atom. The molecule has 0 bridgehead atoms. The number of rotatable bonds is 6. The molecule has 0 aliphatic heterocycles. The van der Waals surface area contributed by atoms with Crippen molar-refractivity contribution in [1.29, 1.82) is 0 Å². The number of benzene rings is 2. The third-order valence-corrected chi connectivity index (χ3v) is 4.12. The Morgan fingerprint density at radius 3 is 2.72 bits per heavy atom. The normalized spacial score (nSPS) is 11.1. The summed E-state index contributed by atoms with van der Waals surface area (Å²) in [6, 6.07) is 12.5. The third kappa shape index (κ3) is 4.60. The summed E-state index contributed by atoms with van der Waals surface area (Å²) in [4.78, 5) is 16.2. The van der Waals surface area contributed by atoms with Gasteiger partial charge in [-0.05, 0) is 29.8 Å². The molecule has 0 unspecified atom stereocenters. The van der Waals surface area contributed by atoms with Crippen molar-refractivity contribution < 1.29 is 13.6 Å². The molecule has 126 valence electrons. The molecule has 0 radical (unpaired) electrons. The van der Waals surface area contributed by atoms with Gasteiger partial charge < -0.3 is 0 Å². The summed E-state index contributed by atoms with van der Waals surface area (Å²) in [5.74, 6) is -1.46. The molecule has 1 N–H and O–H groups in total. The highest BCUT2D eigenvalue weighted by molar-refractivity contribution is 7.99. The summed E-state index contributed by atoms with van der Waals surface area (Å²) >= 11 is 1.05. The highest BCUT2D eigenvalue weighted by atomic mass is 32.2. The summed E-state index contributed by atoms with van der Waals surface area (Å²) < 4.78 is 26.7. The molecule has 25 heavy (non-hydrogen) atoms. The first kappa shape index (κ1) is 17.0. The number of aromatic amines is 1. The van der Waals surface area contributed by atoms with Crippen LogP contribution >= 0.6 is 11.8 Å². The molecule has 0 amide bonds. The summed E-state index contributed by atoms with van der Waals surface area (Å²) in [6.07, 6.45) is 3.64. The van der Waals surface area contributed by atoms with Crippen LogP contribution in [0.5, 0.6) is 0 Å². The van der Waals surface area contributed by atoms with Crippen LogP contribution in [0.2, 0.25) is 0 Å². The molecular formula is C18H13F2N3OS. The number of nitrogens with zero attached hydrogens (tertiary/aromatic N) is 2. The van der Waals surface area contributed by atoms with Gasteiger partial charge in [-0.3, -0.25) is 9.89 Å². The van der Waals surface area contributed by atoms with E-state index in [2.05, 4.69) is 15.2 Å². The minimum Gasteiger partial charge on any atom is -0.293 e. The van der Waals surface area contributed by atoms with E-state index in [4.69, 9.17) is 0 Å². The van der Waals surface area contributed by atoms with E-state index in [1.165, 1.54) is 0 Å². The molecule has 1 aromatic heterocycles. The monoisotopic (exact) mass is 357 g/mol. The number of H-pyrrole nitrogens is 1. The molecule has 3 rings (SSSR count). The van der Waals surface area contributed by atoms with E-state index in [9.17, 15) is 13.6 Å². The predicted octanol–water partition coefficient (Wildman–Crippen LogP) is 4.23. The molecule has 3 aromatic rings. The zero-order chi connectivity index (χ0) is 17.6. The van der Waals surface area contributed by atoms with Crippen molar-refractivity contribution >= 4 is 29.7 Å². The Kier molecular flexibility index (Phi) is 5.35. The van der Waals surface area contributed by atoms with Crippen molar-refractivity contribution in [3.8, 4) is 0 Å². The topological polar surface area (TPSA) is 58.6 Å². The molecule has 0 aliphatic carbocycles. The Balaban J connectivity index is 1.61.